The van der Waals surface area contributed by atoms with Gasteiger partial charge in [0.1, 0.15) is 0 Å². The number of rotatable bonds is 6. The quantitative estimate of drug-likeness (QED) is 0.679. The molecule has 0 bridgehead atoms. The Balaban J connectivity index is 1.49. The monoisotopic (exact) mass is 396 g/mol. The van der Waals surface area contributed by atoms with Crippen molar-refractivity contribution in [3.8, 4) is 0 Å². The Morgan fingerprint density at radius 1 is 1.26 bits per heavy atom. The van der Waals surface area contributed by atoms with E-state index in [-0.39, 0.29) is 12.0 Å². The average Bonchev–Trinajstić information content (AvgIpc) is 3.16. The topological polar surface area (TPSA) is 80.2 Å². The first kappa shape index (κ1) is 20.3. The highest BCUT2D eigenvalue weighted by molar-refractivity contribution is 7.89. The third kappa shape index (κ3) is 5.07. The molecule has 0 aliphatic carbocycles. The first-order chi connectivity index (χ1) is 12.9. The van der Waals surface area contributed by atoms with Crippen LogP contribution >= 0.6 is 0 Å². The lowest BCUT2D eigenvalue weighted by Gasteiger charge is -2.31. The Kier molecular flexibility index (Phi) is 6.52. The zero-order valence-electron chi connectivity index (χ0n) is 16.2. The minimum atomic E-state index is -3.47. The summed E-state index contributed by atoms with van der Waals surface area (Å²) in [7, 11) is -3.47. The van der Waals surface area contributed by atoms with Crippen LogP contribution in [0.1, 0.15) is 24.0 Å². The van der Waals surface area contributed by atoms with E-state index in [0.29, 0.717) is 44.2 Å². The van der Waals surface area contributed by atoms with Crippen molar-refractivity contribution in [2.24, 2.45) is 0 Å². The number of quaternary nitrogens is 1. The van der Waals surface area contributed by atoms with Crippen molar-refractivity contribution in [2.45, 2.75) is 37.7 Å². The zero-order valence-corrected chi connectivity index (χ0v) is 17.0. The number of benzene rings is 1. The van der Waals surface area contributed by atoms with E-state index in [4.69, 9.17) is 4.74 Å². The maximum absolute atomic E-state index is 12.9. The predicted octanol–water partition coefficient (Wildman–Crippen LogP) is -0.512. The number of amides is 1. The van der Waals surface area contributed by atoms with E-state index < -0.39 is 10.0 Å². The SMILES string of the molecule is Cc1ccc(S(=O)(=O)N2CC[NH+](CC(=O)NC[C@@H]3CCCO3)CC2)cc1C. The summed E-state index contributed by atoms with van der Waals surface area (Å²) >= 11 is 0. The van der Waals surface area contributed by atoms with Gasteiger partial charge >= 0.3 is 0 Å². The van der Waals surface area contributed by atoms with E-state index in [1.54, 1.807) is 12.1 Å². The summed E-state index contributed by atoms with van der Waals surface area (Å²) in [5, 5.41) is 2.93. The van der Waals surface area contributed by atoms with Gasteiger partial charge in [-0.05, 0) is 49.9 Å². The Morgan fingerprint density at radius 3 is 2.63 bits per heavy atom. The minimum Gasteiger partial charge on any atom is -0.376 e. The molecule has 0 spiro atoms. The molecule has 2 aliphatic heterocycles. The van der Waals surface area contributed by atoms with Gasteiger partial charge in [-0.15, -0.1) is 0 Å². The zero-order chi connectivity index (χ0) is 19.4. The van der Waals surface area contributed by atoms with Crippen molar-refractivity contribution in [1.82, 2.24) is 9.62 Å². The van der Waals surface area contributed by atoms with Crippen LogP contribution in [-0.4, -0.2) is 70.6 Å². The molecular weight excluding hydrogens is 366 g/mol. The summed E-state index contributed by atoms with van der Waals surface area (Å²) < 4.78 is 32.7. The number of sulfonamides is 1. The molecule has 150 valence electrons. The molecule has 3 rings (SSSR count). The molecule has 0 radical (unpaired) electrons. The summed E-state index contributed by atoms with van der Waals surface area (Å²) in [5.41, 5.74) is 2.06. The minimum absolute atomic E-state index is 0.00552. The number of nitrogens with one attached hydrogen (secondary N) is 2. The van der Waals surface area contributed by atoms with Gasteiger partial charge in [0.15, 0.2) is 6.54 Å². The molecule has 2 heterocycles. The van der Waals surface area contributed by atoms with Gasteiger partial charge in [-0.1, -0.05) is 6.07 Å². The molecule has 0 saturated carbocycles. The third-order valence-electron chi connectivity index (χ3n) is 5.51. The molecule has 1 amide bonds. The van der Waals surface area contributed by atoms with Crippen molar-refractivity contribution in [2.75, 3.05) is 45.9 Å². The maximum Gasteiger partial charge on any atom is 0.275 e. The second kappa shape index (κ2) is 8.68. The van der Waals surface area contributed by atoms with Crippen molar-refractivity contribution < 1.29 is 22.8 Å². The molecule has 2 fully saturated rings. The Hall–Kier alpha value is -1.48. The van der Waals surface area contributed by atoms with Crippen LogP contribution in [0.2, 0.25) is 0 Å². The number of carbonyl (C=O) groups is 1. The molecule has 1 aromatic rings. The van der Waals surface area contributed by atoms with Gasteiger partial charge < -0.3 is 15.0 Å². The molecular formula is C19H30N3O4S+. The highest BCUT2D eigenvalue weighted by Crippen LogP contribution is 2.19. The molecule has 1 atom stereocenters. The number of carbonyl (C=O) groups excluding carboxylic acids is 1. The number of hydrogen-bond donors (Lipinski definition) is 2. The van der Waals surface area contributed by atoms with Crippen molar-refractivity contribution in [1.29, 1.82) is 0 Å². The normalized spacial score (nSPS) is 22.1. The van der Waals surface area contributed by atoms with Crippen LogP contribution < -0.4 is 10.2 Å². The van der Waals surface area contributed by atoms with Crippen molar-refractivity contribution in [3.05, 3.63) is 29.3 Å². The number of nitrogens with zero attached hydrogens (tertiary/aromatic N) is 1. The smallest absolute Gasteiger partial charge is 0.275 e. The standard InChI is InChI=1S/C19H29N3O4S/c1-15-5-6-18(12-16(15)2)27(24,25)22-9-7-21(8-10-22)14-19(23)20-13-17-4-3-11-26-17/h5-6,12,17H,3-4,7-11,13-14H2,1-2H3,(H,20,23)/p+1/t17-/m0/s1. The summed E-state index contributed by atoms with van der Waals surface area (Å²) in [6.45, 7) is 7.76. The predicted molar refractivity (Wildman–Crippen MR) is 102 cm³/mol. The van der Waals surface area contributed by atoms with E-state index >= 15 is 0 Å². The van der Waals surface area contributed by atoms with Gasteiger partial charge in [0.2, 0.25) is 10.0 Å². The molecule has 27 heavy (non-hydrogen) atoms. The van der Waals surface area contributed by atoms with Crippen LogP contribution in [0.5, 0.6) is 0 Å². The fourth-order valence-corrected chi connectivity index (χ4v) is 5.09. The van der Waals surface area contributed by atoms with Crippen LogP contribution in [0.25, 0.3) is 0 Å². The van der Waals surface area contributed by atoms with Gasteiger partial charge in [-0.2, -0.15) is 4.31 Å². The highest BCUT2D eigenvalue weighted by Gasteiger charge is 2.31. The van der Waals surface area contributed by atoms with Crippen LogP contribution in [0.3, 0.4) is 0 Å². The molecule has 2 saturated heterocycles. The first-order valence-corrected chi connectivity index (χ1v) is 11.1. The van der Waals surface area contributed by atoms with Gasteiger partial charge in [0.25, 0.3) is 5.91 Å². The summed E-state index contributed by atoms with van der Waals surface area (Å²) in [4.78, 5) is 13.6. The lowest BCUT2D eigenvalue weighted by Crippen LogP contribution is -3.15. The van der Waals surface area contributed by atoms with E-state index in [9.17, 15) is 13.2 Å². The maximum atomic E-state index is 12.9. The number of hydrogen-bond acceptors (Lipinski definition) is 4. The van der Waals surface area contributed by atoms with Crippen LogP contribution in [-0.2, 0) is 19.6 Å². The summed E-state index contributed by atoms with van der Waals surface area (Å²) in [6.07, 6.45) is 2.20. The second-order valence-electron chi connectivity index (χ2n) is 7.52. The van der Waals surface area contributed by atoms with Crippen molar-refractivity contribution in [3.63, 3.8) is 0 Å². The average molecular weight is 397 g/mol. The molecule has 7 nitrogen and oxygen atoms in total. The summed E-state index contributed by atoms with van der Waals surface area (Å²) in [6, 6.07) is 5.26. The van der Waals surface area contributed by atoms with E-state index in [0.717, 1.165) is 35.5 Å². The number of ether oxygens (including phenoxy) is 1. The molecule has 8 heteroatoms. The van der Waals surface area contributed by atoms with E-state index in [1.165, 1.54) is 4.31 Å². The Bertz CT molecular complexity index is 767. The Labute approximate surface area is 161 Å². The number of piperazine rings is 1. The fraction of sp³-hybridized carbons (Fsp3) is 0.632. The molecule has 1 aromatic carbocycles. The first-order valence-electron chi connectivity index (χ1n) is 9.65. The molecule has 0 unspecified atom stereocenters. The summed E-state index contributed by atoms with van der Waals surface area (Å²) in [5.74, 6) is 0.00552. The van der Waals surface area contributed by atoms with Crippen molar-refractivity contribution >= 4 is 15.9 Å². The number of aryl methyl sites for hydroxylation is 2. The van der Waals surface area contributed by atoms with Gasteiger partial charge in [0, 0.05) is 13.2 Å². The van der Waals surface area contributed by atoms with Crippen LogP contribution in [0.15, 0.2) is 23.1 Å². The van der Waals surface area contributed by atoms with Gasteiger partial charge in [0.05, 0.1) is 37.2 Å². The third-order valence-corrected chi connectivity index (χ3v) is 7.40. The van der Waals surface area contributed by atoms with Gasteiger partial charge in [-0.3, -0.25) is 4.79 Å². The van der Waals surface area contributed by atoms with E-state index in [2.05, 4.69) is 5.32 Å². The largest absolute Gasteiger partial charge is 0.376 e. The van der Waals surface area contributed by atoms with Crippen LogP contribution in [0, 0.1) is 13.8 Å². The highest BCUT2D eigenvalue weighted by atomic mass is 32.2. The molecule has 0 aromatic heterocycles. The second-order valence-corrected chi connectivity index (χ2v) is 9.45. The molecule has 2 aliphatic rings. The Morgan fingerprint density at radius 2 is 2.00 bits per heavy atom. The lowest BCUT2D eigenvalue weighted by atomic mass is 10.1. The van der Waals surface area contributed by atoms with Gasteiger partial charge in [-0.25, -0.2) is 8.42 Å². The fourth-order valence-electron chi connectivity index (χ4n) is 3.57. The molecule has 2 N–H and O–H groups in total. The lowest BCUT2D eigenvalue weighted by molar-refractivity contribution is -0.895. The van der Waals surface area contributed by atoms with Crippen LogP contribution in [0.4, 0.5) is 0 Å². The van der Waals surface area contributed by atoms with E-state index in [1.807, 2.05) is 19.9 Å².